The zero-order chi connectivity index (χ0) is 13.7. The van der Waals surface area contributed by atoms with Gasteiger partial charge in [-0.05, 0) is 31.5 Å². The third kappa shape index (κ3) is 3.84. The molecule has 0 aliphatic heterocycles. The molecule has 1 aromatic carbocycles. The molecule has 1 unspecified atom stereocenters. The Hall–Kier alpha value is -2.30. The molecule has 19 heavy (non-hydrogen) atoms. The van der Waals surface area contributed by atoms with E-state index in [9.17, 15) is 4.79 Å². The number of H-pyrrole nitrogens is 1. The molecule has 5 nitrogen and oxygen atoms in total. The molecule has 5 heteroatoms. The van der Waals surface area contributed by atoms with E-state index >= 15 is 0 Å². The molecule has 1 amide bonds. The van der Waals surface area contributed by atoms with Gasteiger partial charge in [0.2, 0.25) is 0 Å². The minimum Gasteiger partial charge on any atom is -0.481 e. The van der Waals surface area contributed by atoms with Crippen molar-refractivity contribution in [2.24, 2.45) is 0 Å². The molecule has 0 radical (unpaired) electrons. The first-order valence-electron chi connectivity index (χ1n) is 6.13. The summed E-state index contributed by atoms with van der Waals surface area (Å²) in [5.74, 6) is 0.542. The highest BCUT2D eigenvalue weighted by molar-refractivity contribution is 5.80. The van der Waals surface area contributed by atoms with Gasteiger partial charge in [0.05, 0.1) is 18.6 Å². The number of nitrogens with one attached hydrogen (secondary N) is 2. The number of hydrogen-bond acceptors (Lipinski definition) is 3. The number of carbonyl (C=O) groups excluding carboxylic acids is 1. The number of benzene rings is 1. The second kappa shape index (κ2) is 6.04. The summed E-state index contributed by atoms with van der Waals surface area (Å²) in [7, 11) is 0. The van der Waals surface area contributed by atoms with Crippen molar-refractivity contribution in [1.29, 1.82) is 0 Å². The number of amides is 1. The fourth-order valence-electron chi connectivity index (χ4n) is 1.65. The Kier molecular flexibility index (Phi) is 4.18. The fourth-order valence-corrected chi connectivity index (χ4v) is 1.65. The van der Waals surface area contributed by atoms with E-state index in [2.05, 4.69) is 15.3 Å². The van der Waals surface area contributed by atoms with Gasteiger partial charge in [0, 0.05) is 6.20 Å². The van der Waals surface area contributed by atoms with Gasteiger partial charge in [0.25, 0.3) is 5.91 Å². The van der Waals surface area contributed by atoms with Gasteiger partial charge in [-0.25, -0.2) is 4.98 Å². The van der Waals surface area contributed by atoms with Crippen LogP contribution < -0.4 is 10.1 Å². The molecular formula is C14H17N3O2. The number of ether oxygens (including phenoxy) is 1. The van der Waals surface area contributed by atoms with Crippen LogP contribution in [0.4, 0.5) is 0 Å². The van der Waals surface area contributed by atoms with Crippen molar-refractivity contribution in [3.05, 3.63) is 48.0 Å². The van der Waals surface area contributed by atoms with Crippen LogP contribution in [0.5, 0.6) is 5.75 Å². The summed E-state index contributed by atoms with van der Waals surface area (Å²) in [5.41, 5.74) is 1.96. The van der Waals surface area contributed by atoms with Gasteiger partial charge < -0.3 is 15.0 Å². The molecule has 0 aliphatic carbocycles. The predicted molar refractivity (Wildman–Crippen MR) is 71.7 cm³/mol. The zero-order valence-corrected chi connectivity index (χ0v) is 11.0. The molecular weight excluding hydrogens is 242 g/mol. The molecule has 0 aliphatic rings. The maximum Gasteiger partial charge on any atom is 0.261 e. The van der Waals surface area contributed by atoms with Crippen molar-refractivity contribution in [2.75, 3.05) is 0 Å². The van der Waals surface area contributed by atoms with Crippen LogP contribution in [0.2, 0.25) is 0 Å². The zero-order valence-electron chi connectivity index (χ0n) is 11.0. The molecule has 100 valence electrons. The van der Waals surface area contributed by atoms with Crippen LogP contribution in [0, 0.1) is 6.92 Å². The quantitative estimate of drug-likeness (QED) is 0.860. The van der Waals surface area contributed by atoms with Gasteiger partial charge in [-0.15, -0.1) is 0 Å². The maximum absolute atomic E-state index is 11.9. The highest BCUT2D eigenvalue weighted by Gasteiger charge is 2.14. The Morgan fingerprint density at radius 2 is 2.37 bits per heavy atom. The lowest BCUT2D eigenvalue weighted by Crippen LogP contribution is -2.35. The summed E-state index contributed by atoms with van der Waals surface area (Å²) in [6, 6.07) is 7.63. The van der Waals surface area contributed by atoms with Crippen LogP contribution in [0.1, 0.15) is 18.2 Å². The van der Waals surface area contributed by atoms with Gasteiger partial charge in [-0.2, -0.15) is 0 Å². The third-order valence-electron chi connectivity index (χ3n) is 2.68. The molecule has 0 spiro atoms. The van der Waals surface area contributed by atoms with Crippen LogP contribution >= 0.6 is 0 Å². The van der Waals surface area contributed by atoms with E-state index < -0.39 is 6.10 Å². The van der Waals surface area contributed by atoms with Crippen molar-refractivity contribution in [2.45, 2.75) is 26.5 Å². The van der Waals surface area contributed by atoms with Crippen molar-refractivity contribution < 1.29 is 9.53 Å². The van der Waals surface area contributed by atoms with E-state index in [4.69, 9.17) is 4.74 Å². The number of carbonyl (C=O) groups is 1. The normalized spacial score (nSPS) is 11.9. The van der Waals surface area contributed by atoms with Crippen LogP contribution in [0.3, 0.4) is 0 Å². The van der Waals surface area contributed by atoms with Crippen molar-refractivity contribution in [3.8, 4) is 5.75 Å². The predicted octanol–water partition coefficient (Wildman–Crippen LogP) is 1.80. The van der Waals surface area contributed by atoms with Crippen LogP contribution in [0.15, 0.2) is 36.8 Å². The summed E-state index contributed by atoms with van der Waals surface area (Å²) in [4.78, 5) is 18.7. The fraction of sp³-hybridized carbons (Fsp3) is 0.286. The second-order valence-electron chi connectivity index (χ2n) is 4.37. The van der Waals surface area contributed by atoms with Crippen molar-refractivity contribution >= 4 is 5.91 Å². The molecule has 0 saturated heterocycles. The topological polar surface area (TPSA) is 67.0 Å². The highest BCUT2D eigenvalue weighted by atomic mass is 16.5. The van der Waals surface area contributed by atoms with Gasteiger partial charge in [0.1, 0.15) is 5.75 Å². The lowest BCUT2D eigenvalue weighted by Gasteiger charge is -2.14. The van der Waals surface area contributed by atoms with Gasteiger partial charge in [-0.3, -0.25) is 4.79 Å². The maximum atomic E-state index is 11.9. The standard InChI is InChI=1S/C14H17N3O2/c1-10-4-3-5-13(6-10)19-11(2)14(18)16-8-12-7-15-9-17-12/h3-7,9,11H,8H2,1-2H3,(H,15,17)(H,16,18). The first kappa shape index (κ1) is 13.1. The Balaban J connectivity index is 1.85. The Bertz CT molecular complexity index is 537. The number of aromatic nitrogens is 2. The molecule has 0 bridgehead atoms. The van der Waals surface area contributed by atoms with E-state index in [0.717, 1.165) is 11.3 Å². The SMILES string of the molecule is Cc1cccc(OC(C)C(=O)NCc2cnc[nH]2)c1. The summed E-state index contributed by atoms with van der Waals surface area (Å²) in [6.45, 7) is 4.13. The molecule has 1 heterocycles. The second-order valence-corrected chi connectivity index (χ2v) is 4.37. The Labute approximate surface area is 112 Å². The average Bonchev–Trinajstić information content (AvgIpc) is 2.89. The van der Waals surface area contributed by atoms with Gasteiger partial charge in [-0.1, -0.05) is 12.1 Å². The number of nitrogens with zero attached hydrogens (tertiary/aromatic N) is 1. The number of aryl methyl sites for hydroxylation is 1. The Morgan fingerprint density at radius 1 is 1.53 bits per heavy atom. The molecule has 0 fully saturated rings. The van der Waals surface area contributed by atoms with Crippen LogP contribution in [0.25, 0.3) is 0 Å². The summed E-state index contributed by atoms with van der Waals surface area (Å²) in [5, 5.41) is 2.78. The summed E-state index contributed by atoms with van der Waals surface area (Å²) >= 11 is 0. The van der Waals surface area contributed by atoms with Gasteiger partial charge >= 0.3 is 0 Å². The lowest BCUT2D eigenvalue weighted by molar-refractivity contribution is -0.127. The molecule has 1 atom stereocenters. The van der Waals surface area contributed by atoms with Crippen molar-refractivity contribution in [1.82, 2.24) is 15.3 Å². The van der Waals surface area contributed by atoms with E-state index in [1.165, 1.54) is 0 Å². The number of rotatable bonds is 5. The molecule has 2 rings (SSSR count). The molecule has 0 saturated carbocycles. The van der Waals surface area contributed by atoms with E-state index in [-0.39, 0.29) is 5.91 Å². The largest absolute Gasteiger partial charge is 0.481 e. The number of hydrogen-bond donors (Lipinski definition) is 2. The summed E-state index contributed by atoms with van der Waals surface area (Å²) in [6.07, 6.45) is 2.71. The third-order valence-corrected chi connectivity index (χ3v) is 2.68. The van der Waals surface area contributed by atoms with Gasteiger partial charge in [0.15, 0.2) is 6.10 Å². The Morgan fingerprint density at radius 3 is 3.05 bits per heavy atom. The van der Waals surface area contributed by atoms with E-state index in [0.29, 0.717) is 12.3 Å². The molecule has 2 aromatic rings. The van der Waals surface area contributed by atoms with Crippen molar-refractivity contribution in [3.63, 3.8) is 0 Å². The first-order chi connectivity index (χ1) is 9.15. The smallest absolute Gasteiger partial charge is 0.261 e. The lowest BCUT2D eigenvalue weighted by atomic mass is 10.2. The summed E-state index contributed by atoms with van der Waals surface area (Å²) < 4.78 is 5.59. The van der Waals surface area contributed by atoms with E-state index in [1.54, 1.807) is 19.4 Å². The number of aromatic amines is 1. The highest BCUT2D eigenvalue weighted by Crippen LogP contribution is 2.14. The van der Waals surface area contributed by atoms with E-state index in [1.807, 2.05) is 31.2 Å². The minimum atomic E-state index is -0.537. The monoisotopic (exact) mass is 259 g/mol. The van der Waals surface area contributed by atoms with Crippen LogP contribution in [-0.2, 0) is 11.3 Å². The average molecular weight is 259 g/mol. The molecule has 1 aromatic heterocycles. The molecule has 2 N–H and O–H groups in total. The van der Waals surface area contributed by atoms with Crippen LogP contribution in [-0.4, -0.2) is 22.0 Å². The first-order valence-corrected chi connectivity index (χ1v) is 6.13. The number of imidazole rings is 1. The minimum absolute atomic E-state index is 0.156.